The van der Waals surface area contributed by atoms with Gasteiger partial charge in [0.05, 0.1) is 5.92 Å². The van der Waals surface area contributed by atoms with Crippen LogP contribution in [0.3, 0.4) is 0 Å². The number of phenols is 1. The largest absolute Gasteiger partial charge is 0.507 e. The number of rotatable bonds is 10. The Morgan fingerprint density at radius 1 is 0.967 bits per heavy atom. The van der Waals surface area contributed by atoms with E-state index in [9.17, 15) is 10.2 Å². The third kappa shape index (κ3) is 4.70. The zero-order chi connectivity index (χ0) is 22.5. The van der Waals surface area contributed by atoms with E-state index in [1.165, 1.54) is 7.11 Å². The van der Waals surface area contributed by atoms with Crippen LogP contribution < -0.4 is 0 Å². The first-order valence-corrected chi connectivity index (χ1v) is 10.4. The highest BCUT2D eigenvalue weighted by Gasteiger charge is 2.49. The van der Waals surface area contributed by atoms with Gasteiger partial charge in [-0.1, -0.05) is 61.9 Å². The molecule has 0 fully saturated rings. The quantitative estimate of drug-likeness (QED) is 0.539. The van der Waals surface area contributed by atoms with Crippen molar-refractivity contribution < 1.29 is 24.4 Å². The highest BCUT2D eigenvalue weighted by molar-refractivity contribution is 5.48. The number of hydrogen-bond donors (Lipinski definition) is 2. The van der Waals surface area contributed by atoms with E-state index in [0.29, 0.717) is 6.42 Å². The topological polar surface area (TPSA) is 68.2 Å². The van der Waals surface area contributed by atoms with Gasteiger partial charge in [0.1, 0.15) is 5.75 Å². The van der Waals surface area contributed by atoms with Gasteiger partial charge in [-0.15, -0.1) is 0 Å². The van der Waals surface area contributed by atoms with Crippen LogP contribution in [0.5, 0.6) is 5.75 Å². The second-order valence-electron chi connectivity index (χ2n) is 8.03. The normalized spacial score (nSPS) is 16.1. The molecule has 5 nitrogen and oxygen atoms in total. The van der Waals surface area contributed by atoms with Gasteiger partial charge in [-0.2, -0.15) is 0 Å². The summed E-state index contributed by atoms with van der Waals surface area (Å²) in [7, 11) is 4.64. The molecule has 0 bridgehead atoms. The lowest BCUT2D eigenvalue weighted by Crippen LogP contribution is -2.54. The first-order chi connectivity index (χ1) is 14.2. The summed E-state index contributed by atoms with van der Waals surface area (Å²) in [6, 6.07) is 13.8. The summed E-state index contributed by atoms with van der Waals surface area (Å²) >= 11 is 0. The van der Waals surface area contributed by atoms with Gasteiger partial charge in [-0.3, -0.25) is 0 Å². The summed E-state index contributed by atoms with van der Waals surface area (Å²) < 4.78 is 17.1. The highest BCUT2D eigenvalue weighted by atomic mass is 16.7. The van der Waals surface area contributed by atoms with Gasteiger partial charge in [0.15, 0.2) is 11.6 Å². The average Bonchev–Trinajstić information content (AvgIpc) is 2.76. The molecule has 0 heterocycles. The molecule has 0 aliphatic rings. The highest BCUT2D eigenvalue weighted by Crippen LogP contribution is 2.44. The molecule has 30 heavy (non-hydrogen) atoms. The number of aryl methyl sites for hydroxylation is 2. The molecule has 0 aliphatic carbocycles. The third-order valence-electron chi connectivity index (χ3n) is 6.42. The second kappa shape index (κ2) is 9.92. The molecule has 0 aliphatic heterocycles. The molecule has 0 radical (unpaired) electrons. The fraction of sp³-hybridized carbons (Fsp3) is 0.520. The van der Waals surface area contributed by atoms with Crippen molar-refractivity contribution in [1.82, 2.24) is 0 Å². The van der Waals surface area contributed by atoms with Crippen LogP contribution in [0.1, 0.15) is 54.9 Å². The van der Waals surface area contributed by atoms with Gasteiger partial charge in [0, 0.05) is 39.2 Å². The zero-order valence-electron chi connectivity index (χ0n) is 19.2. The molecule has 0 aromatic heterocycles. The molecule has 2 N–H and O–H groups in total. The predicted octanol–water partition coefficient (Wildman–Crippen LogP) is 4.90. The Morgan fingerprint density at radius 2 is 1.57 bits per heavy atom. The summed E-state index contributed by atoms with van der Waals surface area (Å²) in [4.78, 5) is 0. The Balaban J connectivity index is 2.60. The summed E-state index contributed by atoms with van der Waals surface area (Å²) in [5.74, 6) is -3.13. The summed E-state index contributed by atoms with van der Waals surface area (Å²) in [6.45, 7) is 7.70. The Hall–Kier alpha value is -1.92. The van der Waals surface area contributed by atoms with Gasteiger partial charge >= 0.3 is 0 Å². The van der Waals surface area contributed by atoms with E-state index < -0.39 is 17.5 Å². The lowest BCUT2D eigenvalue weighted by atomic mass is 9.78. The van der Waals surface area contributed by atoms with Gasteiger partial charge in [-0.05, 0) is 31.4 Å². The fourth-order valence-electron chi connectivity index (χ4n) is 4.46. The maximum absolute atomic E-state index is 11.7. The summed E-state index contributed by atoms with van der Waals surface area (Å²) in [6.07, 6.45) is 0.761. The molecule has 2 aromatic carbocycles. The van der Waals surface area contributed by atoms with Crippen molar-refractivity contribution in [1.29, 1.82) is 0 Å². The van der Waals surface area contributed by atoms with Crippen molar-refractivity contribution in [2.75, 3.05) is 21.3 Å². The number of methoxy groups -OCH3 is 3. The van der Waals surface area contributed by atoms with E-state index in [1.807, 2.05) is 70.2 Å². The third-order valence-corrected chi connectivity index (χ3v) is 6.42. The summed E-state index contributed by atoms with van der Waals surface area (Å²) in [5.41, 5.74) is 3.60. The second-order valence-corrected chi connectivity index (χ2v) is 8.03. The lowest BCUT2D eigenvalue weighted by Gasteiger charge is -2.45. The monoisotopic (exact) mass is 416 g/mol. The zero-order valence-corrected chi connectivity index (χ0v) is 19.2. The van der Waals surface area contributed by atoms with Gasteiger partial charge in [0.2, 0.25) is 0 Å². The number of benzene rings is 2. The van der Waals surface area contributed by atoms with Crippen LogP contribution in [0.2, 0.25) is 0 Å². The molecule has 166 valence electrons. The first-order valence-electron chi connectivity index (χ1n) is 10.4. The number of ether oxygens (including phenoxy) is 3. The average molecular weight is 417 g/mol. The minimum Gasteiger partial charge on any atom is -0.507 e. The van der Waals surface area contributed by atoms with E-state index in [1.54, 1.807) is 14.2 Å². The Morgan fingerprint density at radius 3 is 2.07 bits per heavy atom. The van der Waals surface area contributed by atoms with Crippen LogP contribution in [-0.2, 0) is 14.2 Å². The molecular weight excluding hydrogens is 380 g/mol. The number of aliphatic hydroxyl groups is 1. The molecule has 3 unspecified atom stereocenters. The van der Waals surface area contributed by atoms with Gasteiger partial charge in [0.25, 0.3) is 0 Å². The maximum Gasteiger partial charge on any atom is 0.174 e. The minimum absolute atomic E-state index is 0.222. The van der Waals surface area contributed by atoms with Crippen molar-refractivity contribution >= 4 is 0 Å². The molecule has 5 heteroatoms. The van der Waals surface area contributed by atoms with Crippen molar-refractivity contribution in [3.63, 3.8) is 0 Å². The first kappa shape index (κ1) is 24.4. The van der Waals surface area contributed by atoms with Gasteiger partial charge < -0.3 is 24.4 Å². The van der Waals surface area contributed by atoms with E-state index >= 15 is 0 Å². The van der Waals surface area contributed by atoms with Crippen molar-refractivity contribution in [3.05, 3.63) is 64.7 Å². The van der Waals surface area contributed by atoms with E-state index in [2.05, 4.69) is 0 Å². The molecule has 3 atom stereocenters. The Labute approximate surface area is 180 Å². The van der Waals surface area contributed by atoms with Crippen molar-refractivity contribution in [3.8, 4) is 5.75 Å². The molecular formula is C25H36O5. The fourth-order valence-corrected chi connectivity index (χ4v) is 4.46. The van der Waals surface area contributed by atoms with Crippen LogP contribution in [0.25, 0.3) is 0 Å². The van der Waals surface area contributed by atoms with Crippen molar-refractivity contribution in [2.24, 2.45) is 5.92 Å². The van der Waals surface area contributed by atoms with Gasteiger partial charge in [-0.25, -0.2) is 0 Å². The lowest BCUT2D eigenvalue weighted by molar-refractivity contribution is -0.325. The minimum atomic E-state index is -1.56. The summed E-state index contributed by atoms with van der Waals surface area (Å²) in [5, 5.41) is 22.6. The standard InChI is InChI=1S/C25H36O5/c1-8-25(29-6,30-7)19(4)24(27,28-5)16-22(20-12-10-9-11-13-20)21-15-17(2)14-18(3)23(21)26/h9-15,19,22,26-27H,8,16H2,1-7H3. The molecule has 0 spiro atoms. The molecule has 0 amide bonds. The van der Waals surface area contributed by atoms with E-state index in [0.717, 1.165) is 22.3 Å². The molecule has 0 saturated heterocycles. The molecule has 2 rings (SSSR count). The van der Waals surface area contributed by atoms with Crippen LogP contribution in [0.4, 0.5) is 0 Å². The van der Waals surface area contributed by atoms with Crippen LogP contribution in [0.15, 0.2) is 42.5 Å². The molecule has 0 saturated carbocycles. The maximum atomic E-state index is 11.7. The SMILES string of the molecule is CCC(OC)(OC)C(C)C(O)(CC(c1ccccc1)c1cc(C)cc(C)c1O)OC. The van der Waals surface area contributed by atoms with Crippen molar-refractivity contribution in [2.45, 2.75) is 58.0 Å². The van der Waals surface area contributed by atoms with Crippen LogP contribution in [0, 0.1) is 19.8 Å². The van der Waals surface area contributed by atoms with Crippen LogP contribution >= 0.6 is 0 Å². The van der Waals surface area contributed by atoms with Crippen LogP contribution in [-0.4, -0.2) is 43.1 Å². The predicted molar refractivity (Wildman–Crippen MR) is 119 cm³/mol. The molecule has 2 aromatic rings. The smallest absolute Gasteiger partial charge is 0.174 e. The Kier molecular flexibility index (Phi) is 8.06. The van der Waals surface area contributed by atoms with E-state index in [-0.39, 0.29) is 18.1 Å². The number of aromatic hydroxyl groups is 1. The van der Waals surface area contributed by atoms with E-state index in [4.69, 9.17) is 14.2 Å². The number of phenolic OH excluding ortho intramolecular Hbond substituents is 1. The Bertz CT molecular complexity index is 808. The number of hydrogen-bond acceptors (Lipinski definition) is 5.